The third kappa shape index (κ3) is 3.56. The largest absolute Gasteiger partial charge is 0.417 e. The fourth-order valence-corrected chi connectivity index (χ4v) is 3.80. The zero-order valence-electron chi connectivity index (χ0n) is 15.2. The number of rotatable bonds is 3. The van der Waals surface area contributed by atoms with Crippen molar-refractivity contribution in [2.45, 2.75) is 12.6 Å². The van der Waals surface area contributed by atoms with Crippen LogP contribution in [0.25, 0.3) is 16.5 Å². The van der Waals surface area contributed by atoms with Crippen LogP contribution in [0.3, 0.4) is 0 Å². The van der Waals surface area contributed by atoms with Crippen LogP contribution in [0.2, 0.25) is 5.02 Å². The molecule has 1 aliphatic heterocycles. The smallest absolute Gasteiger partial charge is 0.354 e. The number of nitrogens with zero attached hydrogens (tertiary/aromatic N) is 3. The number of fused-ring (bicyclic) bond motifs is 1. The molecule has 0 spiro atoms. The average Bonchev–Trinajstić information content (AvgIpc) is 3.16. The van der Waals surface area contributed by atoms with Gasteiger partial charge in [0.25, 0.3) is 0 Å². The molecule has 2 heterocycles. The Morgan fingerprint density at radius 1 is 1.23 bits per heavy atom. The summed E-state index contributed by atoms with van der Waals surface area (Å²) in [6.45, 7) is 0.697. The number of aromatic nitrogens is 1. The van der Waals surface area contributed by atoms with Crippen LogP contribution in [0.1, 0.15) is 27.9 Å². The van der Waals surface area contributed by atoms with E-state index in [9.17, 15) is 22.9 Å². The van der Waals surface area contributed by atoms with Crippen molar-refractivity contribution >= 4 is 39.9 Å². The first kappa shape index (κ1) is 20.1. The zero-order valence-corrected chi connectivity index (χ0v) is 16.0. The number of carbonyl (C=O) groups is 1. The molecule has 10 heteroatoms. The predicted octanol–water partition coefficient (Wildman–Crippen LogP) is 5.70. The summed E-state index contributed by atoms with van der Waals surface area (Å²) in [5.41, 5.74) is 0.920. The van der Waals surface area contributed by atoms with Gasteiger partial charge < -0.3 is 9.42 Å². The molecule has 0 N–H and O–H groups in total. The van der Waals surface area contributed by atoms with E-state index in [1.807, 2.05) is 6.08 Å². The van der Waals surface area contributed by atoms with E-state index in [0.717, 1.165) is 11.6 Å². The van der Waals surface area contributed by atoms with Crippen LogP contribution in [-0.4, -0.2) is 24.2 Å². The van der Waals surface area contributed by atoms with E-state index in [-0.39, 0.29) is 27.4 Å². The van der Waals surface area contributed by atoms with Crippen molar-refractivity contribution in [3.05, 3.63) is 69.1 Å². The number of alkyl halides is 3. The summed E-state index contributed by atoms with van der Waals surface area (Å²) in [6.07, 6.45) is -2.21. The number of anilines is 1. The Balaban J connectivity index is 1.64. The van der Waals surface area contributed by atoms with Crippen LogP contribution in [0.15, 0.2) is 52.2 Å². The Morgan fingerprint density at radius 2 is 2.03 bits per heavy atom. The monoisotopic (exact) mass is 435 g/mol. The highest BCUT2D eigenvalue weighted by Crippen LogP contribution is 2.40. The molecule has 0 fully saturated rings. The topological polar surface area (TPSA) is 75.8 Å². The number of benzene rings is 2. The van der Waals surface area contributed by atoms with Crippen molar-refractivity contribution in [1.82, 2.24) is 5.16 Å². The van der Waals surface area contributed by atoms with Crippen molar-refractivity contribution in [2.24, 2.45) is 5.18 Å². The molecule has 0 radical (unpaired) electrons. The van der Waals surface area contributed by atoms with Crippen molar-refractivity contribution < 1.29 is 22.5 Å². The minimum atomic E-state index is -4.53. The summed E-state index contributed by atoms with van der Waals surface area (Å²) in [6, 6.07) is 8.18. The number of nitroso groups, excluding NO2 is 1. The lowest BCUT2D eigenvalue weighted by atomic mass is 9.97. The molecular weight excluding hydrogens is 423 g/mol. The molecule has 3 aromatic rings. The second-order valence-electron chi connectivity index (χ2n) is 6.70. The molecule has 0 saturated heterocycles. The Bertz CT molecular complexity index is 1190. The van der Waals surface area contributed by atoms with Gasteiger partial charge in [0.2, 0.25) is 0 Å². The standard InChI is InChI=1S/C20H13ClF3N3O3/c21-15-10-12(19(28)25-29)4-5-13(15)11-6-8-27(9-7-11)18-17-14(20(22,23)24)2-1-3-16(17)30-26-18/h1-6,10H,7-9H2. The Kier molecular flexibility index (Phi) is 5.07. The van der Waals surface area contributed by atoms with E-state index in [2.05, 4.69) is 10.3 Å². The Labute approximate surface area is 172 Å². The first-order valence-electron chi connectivity index (χ1n) is 8.87. The van der Waals surface area contributed by atoms with E-state index in [4.69, 9.17) is 16.1 Å². The van der Waals surface area contributed by atoms with Gasteiger partial charge in [-0.15, -0.1) is 4.91 Å². The number of halogens is 4. The molecule has 0 unspecified atom stereocenters. The van der Waals surface area contributed by atoms with Crippen molar-refractivity contribution in [2.75, 3.05) is 18.0 Å². The van der Waals surface area contributed by atoms with E-state index in [1.165, 1.54) is 24.3 Å². The van der Waals surface area contributed by atoms with Crippen LogP contribution < -0.4 is 4.90 Å². The third-order valence-electron chi connectivity index (χ3n) is 4.94. The van der Waals surface area contributed by atoms with Gasteiger partial charge in [0.05, 0.1) is 10.9 Å². The van der Waals surface area contributed by atoms with E-state index >= 15 is 0 Å². The van der Waals surface area contributed by atoms with Gasteiger partial charge in [-0.1, -0.05) is 35.0 Å². The van der Waals surface area contributed by atoms with Gasteiger partial charge >= 0.3 is 12.1 Å². The second-order valence-corrected chi connectivity index (χ2v) is 7.11. The quantitative estimate of drug-likeness (QED) is 0.493. The fraction of sp³-hybridized carbons (Fsp3) is 0.200. The minimum Gasteiger partial charge on any atom is -0.354 e. The molecule has 0 aliphatic carbocycles. The molecule has 0 bridgehead atoms. The first-order chi connectivity index (χ1) is 14.3. The minimum absolute atomic E-state index is 0.0656. The lowest BCUT2D eigenvalue weighted by Gasteiger charge is -2.27. The van der Waals surface area contributed by atoms with Crippen LogP contribution in [0, 0.1) is 4.91 Å². The highest BCUT2D eigenvalue weighted by atomic mass is 35.5. The summed E-state index contributed by atoms with van der Waals surface area (Å²) >= 11 is 6.25. The second kappa shape index (κ2) is 7.56. The molecule has 30 heavy (non-hydrogen) atoms. The zero-order chi connectivity index (χ0) is 21.5. The third-order valence-corrected chi connectivity index (χ3v) is 5.25. The highest BCUT2D eigenvalue weighted by molar-refractivity contribution is 6.32. The number of hydrogen-bond donors (Lipinski definition) is 0. The van der Waals surface area contributed by atoms with Crippen molar-refractivity contribution in [1.29, 1.82) is 0 Å². The summed E-state index contributed by atoms with van der Waals surface area (Å²) in [4.78, 5) is 23.5. The van der Waals surface area contributed by atoms with Gasteiger partial charge in [0.1, 0.15) is 0 Å². The van der Waals surface area contributed by atoms with Crippen LogP contribution in [0.4, 0.5) is 19.0 Å². The van der Waals surface area contributed by atoms with Gasteiger partial charge in [0.15, 0.2) is 11.4 Å². The van der Waals surface area contributed by atoms with E-state index < -0.39 is 17.6 Å². The fourth-order valence-electron chi connectivity index (χ4n) is 3.50. The van der Waals surface area contributed by atoms with Gasteiger partial charge in [0, 0.05) is 28.9 Å². The molecule has 154 valence electrons. The first-order valence-corrected chi connectivity index (χ1v) is 9.24. The molecule has 2 aromatic carbocycles. The summed E-state index contributed by atoms with van der Waals surface area (Å²) in [7, 11) is 0. The summed E-state index contributed by atoms with van der Waals surface area (Å²) in [5, 5.41) is 6.45. The van der Waals surface area contributed by atoms with Crippen LogP contribution in [-0.2, 0) is 6.18 Å². The summed E-state index contributed by atoms with van der Waals surface area (Å²) < 4.78 is 45.4. The lowest BCUT2D eigenvalue weighted by Crippen LogP contribution is -2.29. The maximum atomic E-state index is 13.4. The van der Waals surface area contributed by atoms with Gasteiger partial charge in [-0.05, 0) is 41.8 Å². The normalized spacial score (nSPS) is 14.7. The lowest BCUT2D eigenvalue weighted by molar-refractivity contribution is -0.136. The number of carbonyl (C=O) groups excluding carboxylic acids is 1. The Morgan fingerprint density at radius 3 is 2.67 bits per heavy atom. The number of amides is 1. The van der Waals surface area contributed by atoms with Crippen LogP contribution in [0.5, 0.6) is 0 Å². The van der Waals surface area contributed by atoms with Crippen molar-refractivity contribution in [3.63, 3.8) is 0 Å². The SMILES string of the molecule is O=NC(=O)c1ccc(C2=CCN(c3noc4cccc(C(F)(F)F)c34)CC2)c(Cl)c1. The molecule has 4 rings (SSSR count). The van der Waals surface area contributed by atoms with Crippen LogP contribution >= 0.6 is 11.6 Å². The van der Waals surface area contributed by atoms with Gasteiger partial charge in [-0.25, -0.2) is 0 Å². The van der Waals surface area contributed by atoms with Gasteiger partial charge in [-0.2, -0.15) is 13.2 Å². The molecule has 1 aliphatic rings. The van der Waals surface area contributed by atoms with Gasteiger partial charge in [-0.3, -0.25) is 4.79 Å². The number of hydrogen-bond acceptors (Lipinski definition) is 5. The Hall–Kier alpha value is -3.20. The van der Waals surface area contributed by atoms with E-state index in [0.29, 0.717) is 25.1 Å². The maximum absolute atomic E-state index is 13.4. The summed E-state index contributed by atoms with van der Waals surface area (Å²) in [5.74, 6) is -0.775. The highest BCUT2D eigenvalue weighted by Gasteiger charge is 2.35. The molecule has 6 nitrogen and oxygen atoms in total. The molecule has 1 aromatic heterocycles. The maximum Gasteiger partial charge on any atom is 0.417 e. The van der Waals surface area contributed by atoms with E-state index in [1.54, 1.807) is 11.0 Å². The molecule has 1 amide bonds. The predicted molar refractivity (Wildman–Crippen MR) is 105 cm³/mol. The molecule has 0 saturated carbocycles. The molecule has 0 atom stereocenters. The average molecular weight is 436 g/mol. The van der Waals surface area contributed by atoms with Crippen molar-refractivity contribution in [3.8, 4) is 0 Å². The molecular formula is C20H13ClF3N3O3.